The zero-order valence-electron chi connectivity index (χ0n) is 22.0. The van der Waals surface area contributed by atoms with Gasteiger partial charge in [-0.2, -0.15) is 0 Å². The van der Waals surface area contributed by atoms with Crippen molar-refractivity contribution in [3.8, 4) is 0 Å². The van der Waals surface area contributed by atoms with Crippen LogP contribution >= 0.6 is 0 Å². The Kier molecular flexibility index (Phi) is 6.04. The van der Waals surface area contributed by atoms with Crippen molar-refractivity contribution in [2.45, 2.75) is 55.8 Å². The molecule has 4 aromatic rings. The highest BCUT2D eigenvalue weighted by molar-refractivity contribution is 6.83. The normalized spacial score (nSPS) is 21.7. The molecule has 0 saturated heterocycles. The second-order valence-electron chi connectivity index (χ2n) is 11.8. The lowest BCUT2D eigenvalue weighted by Gasteiger charge is -2.51. The molecule has 2 aliphatic carbocycles. The molecule has 0 N–H and O–H groups in total. The van der Waals surface area contributed by atoms with Crippen molar-refractivity contribution in [2.75, 3.05) is 0 Å². The number of hydrogen-bond acceptors (Lipinski definition) is 1. The van der Waals surface area contributed by atoms with Gasteiger partial charge in [-0.1, -0.05) is 135 Å². The molecule has 0 aliphatic heterocycles. The SMILES string of the molecule is C[Si](C)([C@@H]1CC[C@]2(CCc3ccccc3C2=O)C1)C(c1ccccc1)(c1ccccc1)c1ccccc1. The summed E-state index contributed by atoms with van der Waals surface area (Å²) in [5.74, 6) is 0.409. The van der Waals surface area contributed by atoms with E-state index in [0.29, 0.717) is 11.3 Å². The van der Waals surface area contributed by atoms with Crippen LogP contribution in [0.25, 0.3) is 0 Å². The predicted molar refractivity (Wildman–Crippen MR) is 156 cm³/mol. The van der Waals surface area contributed by atoms with E-state index in [1.54, 1.807) is 0 Å². The lowest BCUT2D eigenvalue weighted by Crippen LogP contribution is -2.56. The predicted octanol–water partition coefficient (Wildman–Crippen LogP) is 8.64. The number of rotatable bonds is 5. The van der Waals surface area contributed by atoms with E-state index >= 15 is 0 Å². The summed E-state index contributed by atoms with van der Waals surface area (Å²) in [6.45, 7) is 5.20. The average molecular weight is 501 g/mol. The highest BCUT2D eigenvalue weighted by atomic mass is 28.3. The maximum Gasteiger partial charge on any atom is 0.169 e. The van der Waals surface area contributed by atoms with Crippen LogP contribution < -0.4 is 0 Å². The Balaban J connectivity index is 1.50. The van der Waals surface area contributed by atoms with Gasteiger partial charge in [-0.05, 0) is 53.5 Å². The Morgan fingerprint density at radius 2 is 1.16 bits per heavy atom. The van der Waals surface area contributed by atoms with E-state index in [9.17, 15) is 4.79 Å². The van der Waals surface area contributed by atoms with Crippen molar-refractivity contribution in [3.05, 3.63) is 143 Å². The molecule has 0 aromatic heterocycles. The van der Waals surface area contributed by atoms with Gasteiger partial charge in [0.1, 0.15) is 0 Å². The molecule has 0 amide bonds. The van der Waals surface area contributed by atoms with Gasteiger partial charge in [0.2, 0.25) is 0 Å². The third kappa shape index (κ3) is 3.68. The van der Waals surface area contributed by atoms with Gasteiger partial charge in [-0.3, -0.25) is 4.79 Å². The monoisotopic (exact) mass is 500 g/mol. The van der Waals surface area contributed by atoms with Gasteiger partial charge in [0, 0.05) is 16.0 Å². The highest BCUT2D eigenvalue weighted by Crippen LogP contribution is 2.60. The Bertz CT molecular complexity index is 1300. The van der Waals surface area contributed by atoms with Gasteiger partial charge in [0.25, 0.3) is 0 Å². The van der Waals surface area contributed by atoms with Crippen molar-refractivity contribution in [1.29, 1.82) is 0 Å². The number of carbonyl (C=O) groups excluding carboxylic acids is 1. The molecule has 37 heavy (non-hydrogen) atoms. The van der Waals surface area contributed by atoms with E-state index in [4.69, 9.17) is 0 Å². The molecule has 6 rings (SSSR count). The summed E-state index contributed by atoms with van der Waals surface area (Å²) in [4.78, 5) is 14.0. The van der Waals surface area contributed by atoms with Crippen LogP contribution in [-0.2, 0) is 11.5 Å². The van der Waals surface area contributed by atoms with Crippen LogP contribution in [0.2, 0.25) is 18.6 Å². The summed E-state index contributed by atoms with van der Waals surface area (Å²) < 4.78 is 0. The van der Waals surface area contributed by atoms with Crippen molar-refractivity contribution in [1.82, 2.24) is 0 Å². The molecule has 2 atom stereocenters. The van der Waals surface area contributed by atoms with Crippen LogP contribution in [0.5, 0.6) is 0 Å². The molecule has 1 nitrogen and oxygen atoms in total. The molecule has 0 unspecified atom stereocenters. The maximum atomic E-state index is 14.0. The molecular formula is C35H36OSi. The molecule has 1 fully saturated rings. The minimum absolute atomic E-state index is 0.195. The fourth-order valence-electron chi connectivity index (χ4n) is 7.90. The van der Waals surface area contributed by atoms with Gasteiger partial charge in [-0.15, -0.1) is 0 Å². The average Bonchev–Trinajstić information content (AvgIpc) is 3.39. The Labute approximate surface area is 222 Å². The first-order valence-corrected chi connectivity index (χ1v) is 16.9. The first kappa shape index (κ1) is 24.1. The molecule has 0 radical (unpaired) electrons. The van der Waals surface area contributed by atoms with Crippen LogP contribution in [-0.4, -0.2) is 13.9 Å². The van der Waals surface area contributed by atoms with Gasteiger partial charge in [0.05, 0.1) is 8.07 Å². The van der Waals surface area contributed by atoms with Crippen LogP contribution in [0.15, 0.2) is 115 Å². The quantitative estimate of drug-likeness (QED) is 0.198. The second kappa shape index (κ2) is 9.26. The van der Waals surface area contributed by atoms with E-state index in [2.05, 4.69) is 122 Å². The van der Waals surface area contributed by atoms with Gasteiger partial charge in [-0.25, -0.2) is 0 Å². The van der Waals surface area contributed by atoms with E-state index in [0.717, 1.165) is 37.7 Å². The molecule has 0 heterocycles. The molecule has 1 saturated carbocycles. The zero-order chi connectivity index (χ0) is 25.5. The Morgan fingerprint density at radius 1 is 0.676 bits per heavy atom. The van der Waals surface area contributed by atoms with Gasteiger partial charge >= 0.3 is 0 Å². The molecule has 1 spiro atoms. The van der Waals surface area contributed by atoms with E-state index in [1.807, 2.05) is 6.07 Å². The van der Waals surface area contributed by atoms with Crippen molar-refractivity contribution in [3.63, 3.8) is 0 Å². The Morgan fingerprint density at radius 3 is 1.70 bits per heavy atom. The van der Waals surface area contributed by atoms with Gasteiger partial charge < -0.3 is 0 Å². The molecule has 2 heteroatoms. The number of ketones is 1. The first-order valence-electron chi connectivity index (χ1n) is 13.8. The minimum atomic E-state index is -2.16. The van der Waals surface area contributed by atoms with Crippen LogP contribution in [0.1, 0.15) is 58.3 Å². The summed E-state index contributed by atoms with van der Waals surface area (Å²) in [5, 5.41) is -0.206. The number of hydrogen-bond donors (Lipinski definition) is 0. The Hall–Kier alpha value is -3.23. The van der Waals surface area contributed by atoms with Crippen molar-refractivity contribution in [2.24, 2.45) is 5.41 Å². The summed E-state index contributed by atoms with van der Waals surface area (Å²) >= 11 is 0. The lowest BCUT2D eigenvalue weighted by atomic mass is 9.69. The molecule has 2 aliphatic rings. The van der Waals surface area contributed by atoms with Crippen LogP contribution in [0, 0.1) is 5.41 Å². The number of fused-ring (bicyclic) bond motifs is 1. The standard InChI is InChI=1S/C35H36OSi/c1-37(2,31-23-25-34(26-31)24-22-27-14-12-13-21-32(27)33(34)36)35(28-15-6-3-7-16-28,29-17-8-4-9-18-29)30-19-10-5-11-20-30/h3-21,31H,22-26H2,1-2H3/t31-,34-/m1/s1. The number of Topliss-reactive ketones (excluding diaryl/α,β-unsaturated/α-hetero) is 1. The fourth-order valence-corrected chi connectivity index (χ4v) is 13.0. The summed E-state index contributed by atoms with van der Waals surface area (Å²) in [7, 11) is -2.16. The van der Waals surface area contributed by atoms with E-state index < -0.39 is 8.07 Å². The summed E-state index contributed by atoms with van der Waals surface area (Å²) in [6, 6.07) is 41.9. The highest BCUT2D eigenvalue weighted by Gasteiger charge is 2.59. The van der Waals surface area contributed by atoms with Crippen LogP contribution in [0.3, 0.4) is 0 Å². The van der Waals surface area contributed by atoms with E-state index in [-0.39, 0.29) is 10.5 Å². The van der Waals surface area contributed by atoms with Crippen molar-refractivity contribution < 1.29 is 4.79 Å². The van der Waals surface area contributed by atoms with Gasteiger partial charge in [0.15, 0.2) is 5.78 Å². The largest absolute Gasteiger partial charge is 0.294 e. The first-order chi connectivity index (χ1) is 18.0. The minimum Gasteiger partial charge on any atom is -0.294 e. The van der Waals surface area contributed by atoms with Crippen molar-refractivity contribution >= 4 is 13.9 Å². The second-order valence-corrected chi connectivity index (χ2v) is 16.8. The lowest BCUT2D eigenvalue weighted by molar-refractivity contribution is 0.0765. The topological polar surface area (TPSA) is 17.1 Å². The fraction of sp³-hybridized carbons (Fsp3) is 0.286. The number of aryl methyl sites for hydroxylation is 1. The molecular weight excluding hydrogens is 464 g/mol. The summed E-state index contributed by atoms with van der Waals surface area (Å²) in [6.07, 6.45) is 5.21. The number of benzene rings is 4. The number of carbonyl (C=O) groups is 1. The smallest absolute Gasteiger partial charge is 0.169 e. The molecule has 0 bridgehead atoms. The maximum absolute atomic E-state index is 14.0. The third-order valence-corrected chi connectivity index (χ3v) is 15.2. The third-order valence-electron chi connectivity index (χ3n) is 9.83. The summed E-state index contributed by atoms with van der Waals surface area (Å²) in [5.41, 5.74) is 6.71. The van der Waals surface area contributed by atoms with Crippen LogP contribution in [0.4, 0.5) is 0 Å². The zero-order valence-corrected chi connectivity index (χ0v) is 23.0. The molecule has 4 aromatic carbocycles. The van der Waals surface area contributed by atoms with E-state index in [1.165, 1.54) is 22.3 Å². The molecule has 186 valence electrons.